The molecule has 18 heavy (non-hydrogen) atoms. The quantitative estimate of drug-likeness (QED) is 0.868. The van der Waals surface area contributed by atoms with Gasteiger partial charge in [-0.25, -0.2) is 0 Å². The molecule has 1 atom stereocenters. The molecule has 2 nitrogen and oxygen atoms in total. The van der Waals surface area contributed by atoms with Gasteiger partial charge in [-0.1, -0.05) is 42.5 Å². The fourth-order valence-corrected chi connectivity index (χ4v) is 2.07. The molecule has 0 bridgehead atoms. The average Bonchev–Trinajstić information content (AvgIpc) is 2.46. The first-order valence-corrected chi connectivity index (χ1v) is 6.18. The second kappa shape index (κ2) is 6.22. The summed E-state index contributed by atoms with van der Waals surface area (Å²) >= 11 is 0. The highest BCUT2D eigenvalue weighted by atomic mass is 16.5. The van der Waals surface area contributed by atoms with Crippen LogP contribution in [0.1, 0.15) is 17.2 Å². The molecule has 2 aromatic carbocycles. The Morgan fingerprint density at radius 2 is 1.67 bits per heavy atom. The number of ether oxygens (including phenoxy) is 1. The smallest absolute Gasteiger partial charge is 0.118 e. The van der Waals surface area contributed by atoms with Crippen molar-refractivity contribution in [3.05, 3.63) is 65.7 Å². The maximum absolute atomic E-state index is 5.17. The number of hydrogen-bond acceptors (Lipinski definition) is 2. The molecule has 0 radical (unpaired) electrons. The van der Waals surface area contributed by atoms with E-state index in [-0.39, 0.29) is 0 Å². The number of benzene rings is 2. The van der Waals surface area contributed by atoms with Crippen molar-refractivity contribution in [3.63, 3.8) is 0 Å². The molecule has 0 saturated carbocycles. The van der Waals surface area contributed by atoms with E-state index < -0.39 is 0 Å². The van der Waals surface area contributed by atoms with E-state index in [0.717, 1.165) is 12.2 Å². The summed E-state index contributed by atoms with van der Waals surface area (Å²) in [5, 5.41) is 3.36. The van der Waals surface area contributed by atoms with Crippen molar-refractivity contribution in [1.29, 1.82) is 0 Å². The summed E-state index contributed by atoms with van der Waals surface area (Å²) in [4.78, 5) is 0. The molecule has 1 unspecified atom stereocenters. The van der Waals surface area contributed by atoms with E-state index in [4.69, 9.17) is 4.74 Å². The van der Waals surface area contributed by atoms with Crippen LogP contribution in [0.15, 0.2) is 54.6 Å². The van der Waals surface area contributed by atoms with Crippen LogP contribution >= 0.6 is 0 Å². The Bertz CT molecular complexity index is 464. The topological polar surface area (TPSA) is 21.3 Å². The maximum Gasteiger partial charge on any atom is 0.118 e. The van der Waals surface area contributed by atoms with Gasteiger partial charge in [-0.3, -0.25) is 0 Å². The first-order chi connectivity index (χ1) is 8.83. The second-order valence-corrected chi connectivity index (χ2v) is 4.30. The van der Waals surface area contributed by atoms with Crippen LogP contribution in [0.2, 0.25) is 0 Å². The standard InChI is InChI=1S/C16H19NO/c1-17-16(14-6-4-3-5-7-14)12-13-8-10-15(18-2)11-9-13/h3-11,16-17H,12H2,1-2H3. The Labute approximate surface area is 109 Å². The molecule has 94 valence electrons. The molecule has 1 N–H and O–H groups in total. The molecule has 0 fully saturated rings. The van der Waals surface area contributed by atoms with Crippen LogP contribution in [0.3, 0.4) is 0 Å². The summed E-state index contributed by atoms with van der Waals surface area (Å²) in [6.45, 7) is 0. The molecule has 0 amide bonds. The first-order valence-electron chi connectivity index (χ1n) is 6.18. The van der Waals surface area contributed by atoms with Crippen LogP contribution < -0.4 is 10.1 Å². The molecule has 0 aliphatic heterocycles. The van der Waals surface area contributed by atoms with E-state index in [2.05, 4.69) is 41.7 Å². The summed E-state index contributed by atoms with van der Waals surface area (Å²) in [5.41, 5.74) is 2.62. The lowest BCUT2D eigenvalue weighted by Crippen LogP contribution is -2.18. The molecule has 2 rings (SSSR count). The van der Waals surface area contributed by atoms with Gasteiger partial charge < -0.3 is 10.1 Å². The molecule has 2 heteroatoms. The van der Waals surface area contributed by atoms with Gasteiger partial charge in [0.05, 0.1) is 7.11 Å². The van der Waals surface area contributed by atoms with Gasteiger partial charge in [-0.2, -0.15) is 0 Å². The third-order valence-electron chi connectivity index (χ3n) is 3.15. The van der Waals surface area contributed by atoms with Gasteiger partial charge >= 0.3 is 0 Å². The van der Waals surface area contributed by atoms with E-state index in [1.807, 2.05) is 25.2 Å². The van der Waals surface area contributed by atoms with Gasteiger partial charge in [0.1, 0.15) is 5.75 Å². The summed E-state index contributed by atoms with van der Waals surface area (Å²) in [6.07, 6.45) is 0.977. The van der Waals surface area contributed by atoms with Gasteiger partial charge in [-0.05, 0) is 36.7 Å². The van der Waals surface area contributed by atoms with Gasteiger partial charge in [0, 0.05) is 6.04 Å². The molecule has 0 aliphatic carbocycles. The molecule has 0 saturated heterocycles. The third kappa shape index (κ3) is 3.11. The van der Waals surface area contributed by atoms with Crippen LogP contribution in [0.4, 0.5) is 0 Å². The Kier molecular flexibility index (Phi) is 4.37. The van der Waals surface area contributed by atoms with Crippen molar-refractivity contribution in [3.8, 4) is 5.75 Å². The lowest BCUT2D eigenvalue weighted by Gasteiger charge is -2.16. The van der Waals surface area contributed by atoms with Crippen LogP contribution in [0.25, 0.3) is 0 Å². The Morgan fingerprint density at radius 3 is 2.22 bits per heavy atom. The van der Waals surface area contributed by atoms with E-state index in [1.165, 1.54) is 11.1 Å². The van der Waals surface area contributed by atoms with Gasteiger partial charge in [0.25, 0.3) is 0 Å². The summed E-state index contributed by atoms with van der Waals surface area (Å²) in [6, 6.07) is 19.1. The zero-order valence-corrected chi connectivity index (χ0v) is 10.9. The Hall–Kier alpha value is -1.80. The fourth-order valence-electron chi connectivity index (χ4n) is 2.07. The van der Waals surface area contributed by atoms with Crippen LogP contribution in [0.5, 0.6) is 5.75 Å². The monoisotopic (exact) mass is 241 g/mol. The maximum atomic E-state index is 5.17. The number of methoxy groups -OCH3 is 1. The zero-order valence-electron chi connectivity index (χ0n) is 10.9. The summed E-state index contributed by atoms with van der Waals surface area (Å²) in [7, 11) is 3.69. The SMILES string of the molecule is CNC(Cc1ccc(OC)cc1)c1ccccc1. The largest absolute Gasteiger partial charge is 0.497 e. The summed E-state index contributed by atoms with van der Waals surface area (Å²) in [5.74, 6) is 0.902. The lowest BCUT2D eigenvalue weighted by atomic mass is 9.99. The van der Waals surface area contributed by atoms with Crippen molar-refractivity contribution in [2.75, 3.05) is 14.2 Å². The lowest BCUT2D eigenvalue weighted by molar-refractivity contribution is 0.414. The van der Waals surface area contributed by atoms with E-state index in [9.17, 15) is 0 Å². The van der Waals surface area contributed by atoms with E-state index in [1.54, 1.807) is 7.11 Å². The van der Waals surface area contributed by atoms with Crippen molar-refractivity contribution in [2.45, 2.75) is 12.5 Å². The predicted molar refractivity (Wildman–Crippen MR) is 74.9 cm³/mol. The highest BCUT2D eigenvalue weighted by molar-refractivity contribution is 5.29. The second-order valence-electron chi connectivity index (χ2n) is 4.30. The Morgan fingerprint density at radius 1 is 1.00 bits per heavy atom. The molecule has 0 spiro atoms. The minimum Gasteiger partial charge on any atom is -0.497 e. The number of likely N-dealkylation sites (N-methyl/N-ethyl adjacent to an activating group) is 1. The first kappa shape index (κ1) is 12.7. The average molecular weight is 241 g/mol. The van der Waals surface area contributed by atoms with Crippen molar-refractivity contribution in [2.24, 2.45) is 0 Å². The van der Waals surface area contributed by atoms with Gasteiger partial charge in [0.15, 0.2) is 0 Å². The highest BCUT2D eigenvalue weighted by Crippen LogP contribution is 2.19. The minimum absolute atomic E-state index is 0.347. The molecular weight excluding hydrogens is 222 g/mol. The van der Waals surface area contributed by atoms with Crippen molar-refractivity contribution in [1.82, 2.24) is 5.32 Å². The fraction of sp³-hybridized carbons (Fsp3) is 0.250. The van der Waals surface area contributed by atoms with Crippen LogP contribution in [-0.2, 0) is 6.42 Å². The minimum atomic E-state index is 0.347. The number of nitrogens with one attached hydrogen (secondary N) is 1. The van der Waals surface area contributed by atoms with E-state index >= 15 is 0 Å². The van der Waals surface area contributed by atoms with Crippen molar-refractivity contribution >= 4 is 0 Å². The van der Waals surface area contributed by atoms with Gasteiger partial charge in [-0.15, -0.1) is 0 Å². The van der Waals surface area contributed by atoms with Crippen LogP contribution in [-0.4, -0.2) is 14.2 Å². The molecule has 0 aliphatic rings. The molecular formula is C16H19NO. The highest BCUT2D eigenvalue weighted by Gasteiger charge is 2.09. The molecule has 2 aromatic rings. The number of rotatable bonds is 5. The van der Waals surface area contributed by atoms with Crippen molar-refractivity contribution < 1.29 is 4.74 Å². The van der Waals surface area contributed by atoms with E-state index in [0.29, 0.717) is 6.04 Å². The molecule has 0 heterocycles. The molecule has 0 aromatic heterocycles. The number of hydrogen-bond donors (Lipinski definition) is 1. The zero-order chi connectivity index (χ0) is 12.8. The Balaban J connectivity index is 2.10. The third-order valence-corrected chi connectivity index (χ3v) is 3.15. The predicted octanol–water partition coefficient (Wildman–Crippen LogP) is 3.20. The van der Waals surface area contributed by atoms with Gasteiger partial charge in [0.2, 0.25) is 0 Å². The normalized spacial score (nSPS) is 12.1. The van der Waals surface area contributed by atoms with Crippen LogP contribution in [0, 0.1) is 0 Å². The summed E-state index contributed by atoms with van der Waals surface area (Å²) < 4.78 is 5.17.